The highest BCUT2D eigenvalue weighted by molar-refractivity contribution is 5.81. The van der Waals surface area contributed by atoms with Crippen molar-refractivity contribution in [2.24, 2.45) is 17.8 Å². The fourth-order valence-corrected chi connectivity index (χ4v) is 11.9. The van der Waals surface area contributed by atoms with E-state index in [0.29, 0.717) is 35.6 Å². The molecule has 10 rings (SSSR count). The van der Waals surface area contributed by atoms with Gasteiger partial charge in [-0.15, -0.1) is 0 Å². The van der Waals surface area contributed by atoms with Gasteiger partial charge in [-0.1, -0.05) is 42.5 Å². The molecule has 4 unspecified atom stereocenters. The molecule has 9 heteroatoms. The zero-order chi connectivity index (χ0) is 36.4. The van der Waals surface area contributed by atoms with Gasteiger partial charge in [0.15, 0.2) is 0 Å². The van der Waals surface area contributed by atoms with E-state index in [1.165, 1.54) is 27.9 Å². The van der Waals surface area contributed by atoms with Crippen molar-refractivity contribution in [1.82, 2.24) is 15.1 Å². The zero-order valence-electron chi connectivity index (χ0n) is 31.7. The summed E-state index contributed by atoms with van der Waals surface area (Å²) in [7, 11) is 1.80. The molecule has 9 nitrogen and oxygen atoms in total. The zero-order valence-corrected chi connectivity index (χ0v) is 31.7. The number of anilines is 1. The van der Waals surface area contributed by atoms with Crippen LogP contribution in [-0.4, -0.2) is 111 Å². The molecule has 0 radical (unpaired) electrons. The van der Waals surface area contributed by atoms with Gasteiger partial charge in [0.2, 0.25) is 5.91 Å². The van der Waals surface area contributed by atoms with Crippen LogP contribution in [0.25, 0.3) is 0 Å². The van der Waals surface area contributed by atoms with Crippen molar-refractivity contribution in [3.63, 3.8) is 0 Å². The highest BCUT2D eigenvalue weighted by Gasteiger charge is 2.51. The third-order valence-electron chi connectivity index (χ3n) is 14.7. The van der Waals surface area contributed by atoms with Crippen molar-refractivity contribution in [1.29, 1.82) is 0 Å². The lowest BCUT2D eigenvalue weighted by Crippen LogP contribution is -2.66. The Morgan fingerprint density at radius 1 is 0.944 bits per heavy atom. The number of fused-ring (bicyclic) bond motifs is 5. The summed E-state index contributed by atoms with van der Waals surface area (Å²) >= 11 is 0. The van der Waals surface area contributed by atoms with Crippen LogP contribution in [0.5, 0.6) is 11.5 Å². The number of piperazine rings is 1. The first-order chi connectivity index (χ1) is 26.4. The maximum Gasteiger partial charge on any atom is 0.223 e. The molecule has 1 saturated carbocycles. The topological polar surface area (TPSA) is 86.7 Å². The van der Waals surface area contributed by atoms with Crippen molar-refractivity contribution in [2.45, 2.75) is 80.6 Å². The number of phenols is 1. The molecule has 286 valence electrons. The number of nitrogens with one attached hydrogen (secondary N) is 1. The lowest BCUT2D eigenvalue weighted by atomic mass is 9.69. The van der Waals surface area contributed by atoms with E-state index >= 15 is 0 Å². The van der Waals surface area contributed by atoms with Gasteiger partial charge in [0.25, 0.3) is 0 Å². The minimum atomic E-state index is -0.0140. The van der Waals surface area contributed by atoms with Gasteiger partial charge in [0, 0.05) is 87.0 Å². The van der Waals surface area contributed by atoms with Gasteiger partial charge in [0.1, 0.15) is 11.5 Å². The minimum absolute atomic E-state index is 0.0140. The number of piperidine rings is 1. The summed E-state index contributed by atoms with van der Waals surface area (Å²) in [5, 5.41) is 13.4. The maximum atomic E-state index is 12.3. The van der Waals surface area contributed by atoms with E-state index in [-0.39, 0.29) is 29.4 Å². The van der Waals surface area contributed by atoms with Crippen LogP contribution in [-0.2, 0) is 20.7 Å². The Bertz CT molecular complexity index is 1850. The van der Waals surface area contributed by atoms with E-state index in [1.54, 1.807) is 7.11 Å². The van der Waals surface area contributed by atoms with E-state index in [9.17, 15) is 9.90 Å². The predicted octanol–water partition coefficient (Wildman–Crippen LogP) is 5.55. The van der Waals surface area contributed by atoms with Gasteiger partial charge >= 0.3 is 0 Å². The Balaban J connectivity index is 0.774. The second-order valence-electron chi connectivity index (χ2n) is 17.6. The largest absolute Gasteiger partial charge is 0.508 e. The van der Waals surface area contributed by atoms with Crippen molar-refractivity contribution < 1.29 is 24.1 Å². The van der Waals surface area contributed by atoms with Gasteiger partial charge in [-0.2, -0.15) is 0 Å². The molecule has 3 aromatic carbocycles. The first-order valence-corrected chi connectivity index (χ1v) is 20.7. The highest BCUT2D eigenvalue weighted by Crippen LogP contribution is 2.50. The van der Waals surface area contributed by atoms with Crippen LogP contribution in [0, 0.1) is 17.8 Å². The predicted molar refractivity (Wildman–Crippen MR) is 208 cm³/mol. The lowest BCUT2D eigenvalue weighted by Gasteiger charge is -2.54. The molecule has 1 amide bonds. The number of phenolic OH excluding ortho intramolecular Hbond substituents is 1. The molecule has 0 bridgehead atoms. The molecule has 5 saturated heterocycles. The second-order valence-corrected chi connectivity index (χ2v) is 17.6. The van der Waals surface area contributed by atoms with Crippen LogP contribution in [0.15, 0.2) is 66.7 Å². The number of hydrogen-bond acceptors (Lipinski definition) is 8. The second kappa shape index (κ2) is 14.1. The smallest absolute Gasteiger partial charge is 0.223 e. The minimum Gasteiger partial charge on any atom is -0.508 e. The summed E-state index contributed by atoms with van der Waals surface area (Å²) in [4.78, 5) is 20.3. The van der Waals surface area contributed by atoms with Gasteiger partial charge in [-0.05, 0) is 97.6 Å². The highest BCUT2D eigenvalue weighted by atomic mass is 16.5. The third-order valence-corrected chi connectivity index (χ3v) is 14.7. The normalized spacial score (nSPS) is 33.4. The number of benzene rings is 3. The van der Waals surface area contributed by atoms with E-state index in [2.05, 4.69) is 74.6 Å². The number of rotatable bonds is 6. The molecule has 54 heavy (non-hydrogen) atoms. The molecular weight excluding hydrogens is 677 g/mol. The Hall–Kier alpha value is -3.63. The average Bonchev–Trinajstić information content (AvgIpc) is 3.78. The van der Waals surface area contributed by atoms with E-state index in [0.717, 1.165) is 110 Å². The van der Waals surface area contributed by atoms with Crippen molar-refractivity contribution >= 4 is 11.6 Å². The summed E-state index contributed by atoms with van der Waals surface area (Å²) in [5.74, 6) is 3.21. The van der Waals surface area contributed by atoms with E-state index < -0.39 is 0 Å². The average molecular weight is 733 g/mol. The van der Waals surface area contributed by atoms with Crippen LogP contribution in [0.2, 0.25) is 0 Å². The van der Waals surface area contributed by atoms with Gasteiger partial charge < -0.3 is 34.4 Å². The maximum absolute atomic E-state index is 12.3. The Kier molecular flexibility index (Phi) is 9.12. The fraction of sp³-hybridized carbons (Fsp3) is 0.578. The summed E-state index contributed by atoms with van der Waals surface area (Å²) in [6.45, 7) is 8.86. The van der Waals surface area contributed by atoms with Gasteiger partial charge in [-0.25, -0.2) is 0 Å². The molecule has 7 aliphatic rings. The van der Waals surface area contributed by atoms with Crippen molar-refractivity contribution in [2.75, 3.05) is 71.0 Å². The summed E-state index contributed by atoms with van der Waals surface area (Å²) in [5.41, 5.74) is 6.30. The summed E-state index contributed by atoms with van der Waals surface area (Å²) in [6, 6.07) is 24.6. The molecule has 6 fully saturated rings. The number of morpholine rings is 1. The van der Waals surface area contributed by atoms with Gasteiger partial charge in [-0.3, -0.25) is 9.69 Å². The number of amides is 1. The Morgan fingerprint density at radius 2 is 1.80 bits per heavy atom. The third kappa shape index (κ3) is 6.29. The number of methoxy groups -OCH3 is 1. The number of aryl methyl sites for hydroxylation is 1. The molecule has 5 heterocycles. The number of aromatic hydroxyl groups is 1. The molecule has 2 aliphatic carbocycles. The quantitative estimate of drug-likeness (QED) is 0.342. The summed E-state index contributed by atoms with van der Waals surface area (Å²) in [6.07, 6.45) is 7.43. The van der Waals surface area contributed by atoms with Crippen LogP contribution in [0.1, 0.15) is 72.6 Å². The molecular formula is C45H56N4O5. The Labute approximate surface area is 319 Å². The number of hydrogen-bond donors (Lipinski definition) is 2. The van der Waals surface area contributed by atoms with Crippen molar-refractivity contribution in [3.05, 3.63) is 89.0 Å². The van der Waals surface area contributed by atoms with E-state index in [1.807, 2.05) is 12.1 Å². The number of nitrogens with zero attached hydrogens (tertiary/aromatic N) is 3. The SMILES string of the molecule is COc1cc(N2CCC3(CC2)C[C@@H](CN2CCN4C5CC6CNC(=O)C6CC5OC[C@@H]4C2)CO3)ccc1[C@@H]1c2ccc(O)cc2CC[C@@H]1c1ccccc1. The molecule has 3 aromatic rings. The van der Waals surface area contributed by atoms with Crippen LogP contribution < -0.4 is 15.0 Å². The molecule has 5 aliphatic heterocycles. The van der Waals surface area contributed by atoms with Crippen molar-refractivity contribution in [3.8, 4) is 11.5 Å². The van der Waals surface area contributed by atoms with E-state index in [4.69, 9.17) is 14.2 Å². The van der Waals surface area contributed by atoms with Crippen LogP contribution in [0.3, 0.4) is 0 Å². The molecule has 8 atom stereocenters. The monoisotopic (exact) mass is 732 g/mol. The van der Waals surface area contributed by atoms with Crippen LogP contribution >= 0.6 is 0 Å². The number of carbonyl (C=O) groups excluding carboxylic acids is 1. The standard InChI is InChI=1S/C45H56N4O5/c1-52-41-21-33(8-11-38(41)43-36(30-5-3-2-4-6-30)10-7-31-19-35(50)9-12-37(31)43)48-15-13-45(14-16-48)23-29(27-54-45)25-47-17-18-49-34(26-47)28-53-42-22-39-32(20-40(42)49)24-46-44(39)51/h2-6,8-9,11-12,19,21,29,32,34,36,39-40,42-43,50H,7,10,13-18,20,22-28H2,1H3,(H,46,51)/t29-,32?,34-,36+,39?,40?,42?,43-/m0/s1. The molecule has 2 N–H and O–H groups in total. The fourth-order valence-electron chi connectivity index (χ4n) is 11.9. The lowest BCUT2D eigenvalue weighted by molar-refractivity contribution is -0.155. The van der Waals surface area contributed by atoms with Gasteiger partial charge in [0.05, 0.1) is 32.0 Å². The molecule has 0 aromatic heterocycles. The number of carbonyl (C=O) groups is 1. The first-order valence-electron chi connectivity index (χ1n) is 20.7. The number of ether oxygens (including phenoxy) is 3. The molecule has 1 spiro atoms. The van der Waals surface area contributed by atoms with Crippen LogP contribution in [0.4, 0.5) is 5.69 Å². The Morgan fingerprint density at radius 3 is 2.65 bits per heavy atom. The summed E-state index contributed by atoms with van der Waals surface area (Å²) < 4.78 is 19.4. The first kappa shape index (κ1) is 34.8.